The van der Waals surface area contributed by atoms with E-state index < -0.39 is 0 Å². The molecular formula is C21H27FN2O. The first-order chi connectivity index (χ1) is 12.0. The van der Waals surface area contributed by atoms with Crippen LogP contribution in [0.5, 0.6) is 0 Å². The molecule has 2 aromatic rings. The normalized spacial score (nSPS) is 15.7. The van der Waals surface area contributed by atoms with Crippen molar-refractivity contribution in [2.45, 2.75) is 52.0 Å². The summed E-state index contributed by atoms with van der Waals surface area (Å²) < 4.78 is 15.2. The van der Waals surface area contributed by atoms with Crippen LogP contribution in [0.15, 0.2) is 30.3 Å². The Hall–Kier alpha value is -1.94. The third-order valence-corrected chi connectivity index (χ3v) is 5.41. The largest absolute Gasteiger partial charge is 0.318 e. The van der Waals surface area contributed by atoms with Crippen molar-refractivity contribution in [1.82, 2.24) is 9.47 Å². The maximum absolute atomic E-state index is 13.2. The minimum absolute atomic E-state index is 0.162. The van der Waals surface area contributed by atoms with Crippen LogP contribution in [0.2, 0.25) is 0 Å². The monoisotopic (exact) mass is 342 g/mol. The van der Waals surface area contributed by atoms with Crippen molar-refractivity contribution in [3.63, 3.8) is 0 Å². The highest BCUT2D eigenvalue weighted by atomic mass is 19.1. The Morgan fingerprint density at radius 3 is 2.44 bits per heavy atom. The number of hydrogen-bond donors (Lipinski definition) is 0. The molecule has 1 saturated carbocycles. The molecule has 0 radical (unpaired) electrons. The van der Waals surface area contributed by atoms with Crippen LogP contribution >= 0.6 is 0 Å². The number of rotatable bonds is 5. The predicted molar refractivity (Wildman–Crippen MR) is 99.0 cm³/mol. The Balaban J connectivity index is 1.79. The third kappa shape index (κ3) is 3.84. The average Bonchev–Trinajstić information content (AvgIpc) is 2.91. The van der Waals surface area contributed by atoms with Gasteiger partial charge < -0.3 is 4.57 Å². The molecule has 1 aliphatic rings. The second kappa shape index (κ2) is 7.52. The summed E-state index contributed by atoms with van der Waals surface area (Å²) in [7, 11) is 2.06. The van der Waals surface area contributed by atoms with E-state index in [9.17, 15) is 9.18 Å². The number of hydrogen-bond acceptors (Lipinski definition) is 2. The second-order valence-electron chi connectivity index (χ2n) is 7.23. The van der Waals surface area contributed by atoms with Crippen molar-refractivity contribution in [1.29, 1.82) is 0 Å². The Bertz CT molecular complexity index is 742. The van der Waals surface area contributed by atoms with E-state index in [4.69, 9.17) is 0 Å². The molecule has 0 bridgehead atoms. The standard InChI is InChI=1S/C21H27FN2O/c1-15-13-20(16(2)24(15)19-11-9-17(22)10-12-19)21(25)14-23(3)18-7-5-4-6-8-18/h9-13,18H,4-8,14H2,1-3H3. The summed E-state index contributed by atoms with van der Waals surface area (Å²) in [6.07, 6.45) is 6.23. The molecule has 0 N–H and O–H groups in total. The number of likely N-dealkylation sites (N-methyl/N-ethyl adjacent to an activating group) is 1. The van der Waals surface area contributed by atoms with Gasteiger partial charge in [-0.2, -0.15) is 0 Å². The van der Waals surface area contributed by atoms with Crippen molar-refractivity contribution in [2.75, 3.05) is 13.6 Å². The predicted octanol–water partition coefficient (Wildman–Crippen LogP) is 4.68. The Morgan fingerprint density at radius 1 is 1.16 bits per heavy atom. The summed E-state index contributed by atoms with van der Waals surface area (Å²) in [4.78, 5) is 15.1. The zero-order valence-corrected chi connectivity index (χ0v) is 15.4. The van der Waals surface area contributed by atoms with Gasteiger partial charge in [0.15, 0.2) is 5.78 Å². The zero-order chi connectivity index (χ0) is 18.0. The molecule has 1 aromatic heterocycles. The number of carbonyl (C=O) groups excluding carboxylic acids is 1. The maximum atomic E-state index is 13.2. The SMILES string of the molecule is Cc1cc(C(=O)CN(C)C2CCCCC2)c(C)n1-c1ccc(F)cc1. The summed E-state index contributed by atoms with van der Waals surface area (Å²) in [6.45, 7) is 4.40. The maximum Gasteiger partial charge on any atom is 0.178 e. The van der Waals surface area contributed by atoms with Crippen LogP contribution in [0.4, 0.5) is 4.39 Å². The van der Waals surface area contributed by atoms with Gasteiger partial charge >= 0.3 is 0 Å². The topological polar surface area (TPSA) is 25.2 Å². The van der Waals surface area contributed by atoms with E-state index in [1.54, 1.807) is 12.1 Å². The zero-order valence-electron chi connectivity index (χ0n) is 15.4. The number of ketones is 1. The summed E-state index contributed by atoms with van der Waals surface area (Å²) >= 11 is 0. The molecule has 0 atom stereocenters. The molecule has 1 aliphatic carbocycles. The summed E-state index contributed by atoms with van der Waals surface area (Å²) in [5.41, 5.74) is 3.57. The number of Topliss-reactive ketones (excluding diaryl/α,β-unsaturated/α-hetero) is 1. The highest BCUT2D eigenvalue weighted by Gasteiger charge is 2.22. The van der Waals surface area contributed by atoms with Crippen LogP contribution in [-0.4, -0.2) is 34.9 Å². The average molecular weight is 342 g/mol. The van der Waals surface area contributed by atoms with E-state index in [-0.39, 0.29) is 11.6 Å². The highest BCUT2D eigenvalue weighted by Crippen LogP contribution is 2.24. The highest BCUT2D eigenvalue weighted by molar-refractivity contribution is 5.99. The smallest absolute Gasteiger partial charge is 0.178 e. The van der Waals surface area contributed by atoms with Crippen LogP contribution < -0.4 is 0 Å². The lowest BCUT2D eigenvalue weighted by Crippen LogP contribution is -2.37. The molecule has 1 fully saturated rings. The van der Waals surface area contributed by atoms with Gasteiger partial charge in [-0.25, -0.2) is 4.39 Å². The third-order valence-electron chi connectivity index (χ3n) is 5.41. The molecule has 0 amide bonds. The minimum atomic E-state index is -0.253. The van der Waals surface area contributed by atoms with Crippen molar-refractivity contribution >= 4 is 5.78 Å². The molecule has 3 rings (SSSR count). The van der Waals surface area contributed by atoms with E-state index in [0.717, 1.165) is 22.6 Å². The first kappa shape index (κ1) is 17.9. The second-order valence-corrected chi connectivity index (χ2v) is 7.23. The van der Waals surface area contributed by atoms with E-state index in [1.807, 2.05) is 24.5 Å². The molecule has 1 heterocycles. The molecule has 25 heavy (non-hydrogen) atoms. The van der Waals surface area contributed by atoms with Crippen molar-refractivity contribution in [3.05, 3.63) is 53.1 Å². The van der Waals surface area contributed by atoms with Crippen molar-refractivity contribution < 1.29 is 9.18 Å². The lowest BCUT2D eigenvalue weighted by atomic mass is 9.94. The fourth-order valence-corrected chi connectivity index (χ4v) is 4.00. The van der Waals surface area contributed by atoms with Gasteiger partial charge in [0.25, 0.3) is 0 Å². The van der Waals surface area contributed by atoms with Gasteiger partial charge in [0.2, 0.25) is 0 Å². The van der Waals surface area contributed by atoms with Crippen LogP contribution in [-0.2, 0) is 0 Å². The van der Waals surface area contributed by atoms with E-state index in [2.05, 4.69) is 11.9 Å². The first-order valence-electron chi connectivity index (χ1n) is 9.15. The fraction of sp³-hybridized carbons (Fsp3) is 0.476. The van der Waals surface area contributed by atoms with Crippen molar-refractivity contribution in [2.24, 2.45) is 0 Å². The lowest BCUT2D eigenvalue weighted by molar-refractivity contribution is 0.0899. The quantitative estimate of drug-likeness (QED) is 0.737. The number of benzene rings is 1. The van der Waals surface area contributed by atoms with Gasteiger partial charge in [0.1, 0.15) is 5.82 Å². The first-order valence-corrected chi connectivity index (χ1v) is 9.15. The van der Waals surface area contributed by atoms with Crippen LogP contribution in [0.1, 0.15) is 53.8 Å². The van der Waals surface area contributed by atoms with E-state index in [1.165, 1.54) is 44.2 Å². The number of carbonyl (C=O) groups is 1. The van der Waals surface area contributed by atoms with Crippen LogP contribution in [0.25, 0.3) is 5.69 Å². The van der Waals surface area contributed by atoms with Crippen LogP contribution in [0, 0.1) is 19.7 Å². The Morgan fingerprint density at radius 2 is 1.80 bits per heavy atom. The molecule has 4 heteroatoms. The molecule has 1 aromatic carbocycles. The Labute approximate surface area is 149 Å². The number of halogens is 1. The van der Waals surface area contributed by atoms with Gasteiger partial charge in [0, 0.05) is 28.7 Å². The van der Waals surface area contributed by atoms with Gasteiger partial charge in [-0.1, -0.05) is 19.3 Å². The number of aryl methyl sites for hydroxylation is 1. The van der Waals surface area contributed by atoms with E-state index in [0.29, 0.717) is 12.6 Å². The van der Waals surface area contributed by atoms with Crippen LogP contribution in [0.3, 0.4) is 0 Å². The van der Waals surface area contributed by atoms with Crippen molar-refractivity contribution in [3.8, 4) is 5.69 Å². The molecule has 3 nitrogen and oxygen atoms in total. The molecule has 0 unspecified atom stereocenters. The molecular weight excluding hydrogens is 315 g/mol. The number of nitrogens with zero attached hydrogens (tertiary/aromatic N) is 2. The molecule has 0 saturated heterocycles. The van der Waals surface area contributed by atoms with Gasteiger partial charge in [0.05, 0.1) is 6.54 Å². The summed E-state index contributed by atoms with van der Waals surface area (Å²) in [5, 5.41) is 0. The summed E-state index contributed by atoms with van der Waals surface area (Å²) in [6, 6.07) is 8.88. The fourth-order valence-electron chi connectivity index (χ4n) is 4.00. The molecule has 134 valence electrons. The molecule has 0 spiro atoms. The van der Waals surface area contributed by atoms with E-state index >= 15 is 0 Å². The lowest BCUT2D eigenvalue weighted by Gasteiger charge is -2.30. The van der Waals surface area contributed by atoms with Gasteiger partial charge in [-0.15, -0.1) is 0 Å². The number of aromatic nitrogens is 1. The minimum Gasteiger partial charge on any atom is -0.318 e. The van der Waals surface area contributed by atoms with Gasteiger partial charge in [-0.05, 0) is 64.1 Å². The Kier molecular flexibility index (Phi) is 5.38. The van der Waals surface area contributed by atoms with Gasteiger partial charge in [-0.3, -0.25) is 9.69 Å². The summed E-state index contributed by atoms with van der Waals surface area (Å²) in [5.74, 6) is -0.0915. The molecule has 0 aliphatic heterocycles.